The first-order chi connectivity index (χ1) is 19.5. The van der Waals surface area contributed by atoms with E-state index in [0.29, 0.717) is 17.6 Å². The minimum atomic E-state index is -1.61. The molecule has 10 atom stereocenters. The summed E-state index contributed by atoms with van der Waals surface area (Å²) in [6, 6.07) is 0. The van der Waals surface area contributed by atoms with Crippen LogP contribution in [0, 0.1) is 11.3 Å². The number of esters is 5. The van der Waals surface area contributed by atoms with Crippen LogP contribution in [-0.2, 0) is 52.4 Å². The molecule has 4 aliphatic rings. The lowest BCUT2D eigenvalue weighted by Crippen LogP contribution is -2.66. The van der Waals surface area contributed by atoms with Gasteiger partial charge in [0.05, 0.1) is 5.41 Å². The van der Waals surface area contributed by atoms with Crippen molar-refractivity contribution >= 4 is 29.8 Å². The summed E-state index contributed by atoms with van der Waals surface area (Å²) in [4.78, 5) is 63.9. The van der Waals surface area contributed by atoms with Crippen LogP contribution in [0.1, 0.15) is 74.7 Å². The largest absolute Gasteiger partial charge is 0.459 e. The maximum atomic E-state index is 13.1. The molecule has 2 fully saturated rings. The molecule has 10 unspecified atom stereocenters. The fourth-order valence-electron chi connectivity index (χ4n) is 7.21. The third-order valence-corrected chi connectivity index (χ3v) is 9.02. The van der Waals surface area contributed by atoms with Crippen LogP contribution in [0.5, 0.6) is 0 Å². The monoisotopic (exact) mass is 592 g/mol. The van der Waals surface area contributed by atoms with Gasteiger partial charge in [-0.3, -0.25) is 19.2 Å². The van der Waals surface area contributed by atoms with Gasteiger partial charge in [0.25, 0.3) is 0 Å². The van der Waals surface area contributed by atoms with Crippen LogP contribution in [0.3, 0.4) is 0 Å². The molecular weight excluding hydrogens is 552 g/mol. The Bertz CT molecular complexity index is 1240. The third kappa shape index (κ3) is 4.92. The van der Waals surface area contributed by atoms with E-state index in [1.807, 2.05) is 6.92 Å². The van der Waals surface area contributed by atoms with Crippen LogP contribution in [0.4, 0.5) is 0 Å². The standard InChI is InChI=1S/C30H40O12/c1-9-10-21(35)41-23-14(2)11-12-20-30(29(8,42-30)27(36)40-20)25(38-17(5)32)22-15(3)13-19(34)24(37-16(4)31)28(22,7)26(23)39-18(6)33/h11,13,19-20,22-26,34H,9-10,12H2,1-8H3. The van der Waals surface area contributed by atoms with Gasteiger partial charge >= 0.3 is 29.8 Å². The van der Waals surface area contributed by atoms with E-state index in [1.165, 1.54) is 26.8 Å². The first kappa shape index (κ1) is 31.7. The van der Waals surface area contributed by atoms with Gasteiger partial charge in [0, 0.05) is 39.5 Å². The Kier molecular flexibility index (Phi) is 8.38. The fourth-order valence-corrected chi connectivity index (χ4v) is 7.21. The van der Waals surface area contributed by atoms with Crippen LogP contribution in [0.2, 0.25) is 0 Å². The number of carbonyl (C=O) groups excluding carboxylic acids is 5. The molecule has 232 valence electrons. The molecule has 12 nitrogen and oxygen atoms in total. The normalized spacial score (nSPS) is 40.5. The van der Waals surface area contributed by atoms with Gasteiger partial charge in [-0.05, 0) is 32.8 Å². The van der Waals surface area contributed by atoms with Gasteiger partial charge in [0.15, 0.2) is 23.4 Å². The van der Waals surface area contributed by atoms with Gasteiger partial charge in [-0.25, -0.2) is 4.79 Å². The number of hydrogen-bond donors (Lipinski definition) is 1. The van der Waals surface area contributed by atoms with E-state index in [2.05, 4.69) is 0 Å². The average molecular weight is 593 g/mol. The molecule has 0 amide bonds. The summed E-state index contributed by atoms with van der Waals surface area (Å²) in [5, 5.41) is 11.3. The molecule has 1 spiro atoms. The maximum Gasteiger partial charge on any atom is 0.341 e. The fraction of sp³-hybridized carbons (Fsp3) is 0.700. The average Bonchev–Trinajstić information content (AvgIpc) is 3.46. The number of carbonyl (C=O) groups is 5. The zero-order valence-corrected chi connectivity index (χ0v) is 25.3. The molecule has 12 heteroatoms. The summed E-state index contributed by atoms with van der Waals surface area (Å²) in [6.07, 6.45) is -3.59. The van der Waals surface area contributed by atoms with E-state index in [-0.39, 0.29) is 12.8 Å². The molecule has 4 rings (SSSR count). The van der Waals surface area contributed by atoms with Crippen molar-refractivity contribution in [2.24, 2.45) is 11.3 Å². The van der Waals surface area contributed by atoms with Crippen molar-refractivity contribution in [3.05, 3.63) is 23.3 Å². The van der Waals surface area contributed by atoms with Crippen molar-refractivity contribution in [2.45, 2.75) is 122 Å². The highest BCUT2D eigenvalue weighted by Crippen LogP contribution is 2.65. The highest BCUT2D eigenvalue weighted by molar-refractivity contribution is 5.88. The Morgan fingerprint density at radius 2 is 1.50 bits per heavy atom. The number of epoxide rings is 1. The Morgan fingerprint density at radius 3 is 2.05 bits per heavy atom. The van der Waals surface area contributed by atoms with Crippen LogP contribution in [0.25, 0.3) is 0 Å². The lowest BCUT2D eigenvalue weighted by atomic mass is 9.55. The highest BCUT2D eigenvalue weighted by atomic mass is 16.7. The van der Waals surface area contributed by atoms with Crippen molar-refractivity contribution in [3.63, 3.8) is 0 Å². The zero-order chi connectivity index (χ0) is 31.4. The van der Waals surface area contributed by atoms with Gasteiger partial charge in [0.2, 0.25) is 0 Å². The molecular formula is C30H40O12. The SMILES string of the molecule is CCCC(=O)OC1C(C)=CCC2OC(=O)C3(C)OC23C(OC(C)=O)C2C(C)=CC(O)C(OC(C)=O)C2(C)C1OC(C)=O. The lowest BCUT2D eigenvalue weighted by molar-refractivity contribution is -0.222. The van der Waals surface area contributed by atoms with Crippen LogP contribution in [0.15, 0.2) is 23.3 Å². The van der Waals surface area contributed by atoms with Gasteiger partial charge in [-0.15, -0.1) is 0 Å². The summed E-state index contributed by atoms with van der Waals surface area (Å²) < 4.78 is 35.6. The van der Waals surface area contributed by atoms with Crippen LogP contribution in [-0.4, -0.2) is 82.8 Å². The topological polar surface area (TPSA) is 164 Å². The number of aliphatic hydroxyl groups excluding tert-OH is 1. The van der Waals surface area contributed by atoms with E-state index >= 15 is 0 Å². The van der Waals surface area contributed by atoms with E-state index in [0.717, 1.165) is 0 Å². The summed E-state index contributed by atoms with van der Waals surface area (Å²) >= 11 is 0. The first-order valence-corrected chi connectivity index (χ1v) is 14.2. The molecule has 0 aromatic carbocycles. The molecule has 0 radical (unpaired) electrons. The summed E-state index contributed by atoms with van der Waals surface area (Å²) in [5.74, 6) is -4.32. The molecule has 2 aliphatic carbocycles. The van der Waals surface area contributed by atoms with Gasteiger partial charge in [0.1, 0.15) is 24.4 Å². The van der Waals surface area contributed by atoms with Crippen LogP contribution >= 0.6 is 0 Å². The van der Waals surface area contributed by atoms with E-state index < -0.39 is 89.0 Å². The van der Waals surface area contributed by atoms with E-state index in [4.69, 9.17) is 28.4 Å². The number of hydrogen-bond acceptors (Lipinski definition) is 12. The third-order valence-electron chi connectivity index (χ3n) is 9.02. The predicted octanol–water partition coefficient (Wildman–Crippen LogP) is 2.24. The highest BCUT2D eigenvalue weighted by Gasteiger charge is 2.87. The van der Waals surface area contributed by atoms with Gasteiger partial charge in [-0.1, -0.05) is 31.6 Å². The second kappa shape index (κ2) is 11.1. The molecule has 0 bridgehead atoms. The Hall–Kier alpha value is -3.25. The molecule has 42 heavy (non-hydrogen) atoms. The minimum absolute atomic E-state index is 0.0806. The summed E-state index contributed by atoms with van der Waals surface area (Å²) in [7, 11) is 0. The number of ether oxygens (including phenoxy) is 6. The van der Waals surface area contributed by atoms with Gasteiger partial charge in [-0.2, -0.15) is 0 Å². The van der Waals surface area contributed by atoms with Crippen molar-refractivity contribution in [2.75, 3.05) is 0 Å². The molecule has 0 aromatic heterocycles. The molecule has 1 N–H and O–H groups in total. The van der Waals surface area contributed by atoms with Crippen LogP contribution < -0.4 is 0 Å². The maximum absolute atomic E-state index is 13.1. The van der Waals surface area contributed by atoms with Crippen molar-refractivity contribution < 1.29 is 57.5 Å². The van der Waals surface area contributed by atoms with E-state index in [1.54, 1.807) is 33.8 Å². The predicted molar refractivity (Wildman–Crippen MR) is 143 cm³/mol. The van der Waals surface area contributed by atoms with Crippen molar-refractivity contribution in [1.29, 1.82) is 0 Å². The molecule has 0 saturated carbocycles. The summed E-state index contributed by atoms with van der Waals surface area (Å²) in [5.41, 5.74) is -3.57. The van der Waals surface area contributed by atoms with Crippen molar-refractivity contribution in [3.8, 4) is 0 Å². The van der Waals surface area contributed by atoms with Gasteiger partial charge < -0.3 is 33.5 Å². The van der Waals surface area contributed by atoms with E-state index in [9.17, 15) is 29.1 Å². The zero-order valence-electron chi connectivity index (χ0n) is 25.3. The quantitative estimate of drug-likeness (QED) is 0.207. The smallest absolute Gasteiger partial charge is 0.341 e. The first-order valence-electron chi connectivity index (χ1n) is 14.2. The molecule has 0 aromatic rings. The minimum Gasteiger partial charge on any atom is -0.459 e. The second-order valence-electron chi connectivity index (χ2n) is 12.0. The Morgan fingerprint density at radius 1 is 0.929 bits per heavy atom. The second-order valence-corrected chi connectivity index (χ2v) is 12.0. The lowest BCUT2D eigenvalue weighted by Gasteiger charge is -2.55. The molecule has 2 heterocycles. The molecule has 2 aliphatic heterocycles. The number of rotatable bonds is 6. The Balaban J connectivity index is 2.07. The number of aliphatic hydroxyl groups is 1. The van der Waals surface area contributed by atoms with Crippen molar-refractivity contribution in [1.82, 2.24) is 0 Å². The summed E-state index contributed by atoms with van der Waals surface area (Å²) in [6.45, 7) is 11.9. The Labute approximate surface area is 244 Å². The number of fused-ring (bicyclic) bond motifs is 1. The molecule has 2 saturated heterocycles.